The van der Waals surface area contributed by atoms with E-state index in [1.807, 2.05) is 42.5 Å². The molecule has 0 aromatic heterocycles. The Morgan fingerprint density at radius 3 is 2.27 bits per heavy atom. The summed E-state index contributed by atoms with van der Waals surface area (Å²) >= 11 is 0. The Balaban J connectivity index is 0.00000176. The van der Waals surface area contributed by atoms with Crippen molar-refractivity contribution in [3.05, 3.63) is 67.3 Å². The van der Waals surface area contributed by atoms with Crippen LogP contribution in [-0.2, 0) is 14.3 Å². The molecule has 107 valence electrons. The smallest absolute Gasteiger partial charge is 0.262 e. The van der Waals surface area contributed by atoms with Gasteiger partial charge in [0.15, 0.2) is 0 Å². The summed E-state index contributed by atoms with van der Waals surface area (Å²) in [5.41, 5.74) is 0. The molecule has 0 aliphatic heterocycles. The van der Waals surface area contributed by atoms with Gasteiger partial charge in [0.05, 0.1) is 6.61 Å². The molecular formula is C17H14O3RbS. The Morgan fingerprint density at radius 1 is 0.955 bits per heavy atom. The first-order valence-corrected chi connectivity index (χ1v) is 7.94. The van der Waals surface area contributed by atoms with Gasteiger partial charge >= 0.3 is 0 Å². The second-order valence-electron chi connectivity index (χ2n) is 4.70. The molecule has 0 fully saturated rings. The van der Waals surface area contributed by atoms with Gasteiger partial charge in [-0.15, -0.1) is 6.58 Å². The predicted molar refractivity (Wildman–Crippen MR) is 90.5 cm³/mol. The molecule has 3 nitrogen and oxygen atoms in total. The molecule has 0 amide bonds. The second-order valence-corrected chi connectivity index (χ2v) is 6.29. The zero-order valence-corrected chi connectivity index (χ0v) is 18.1. The zero-order chi connectivity index (χ0) is 14.9. The second kappa shape index (κ2) is 7.47. The summed E-state index contributed by atoms with van der Waals surface area (Å²) in [5.74, 6) is 0. The fourth-order valence-corrected chi connectivity index (χ4v) is 3.45. The number of benzene rings is 3. The third-order valence-electron chi connectivity index (χ3n) is 3.32. The van der Waals surface area contributed by atoms with Gasteiger partial charge in [0.25, 0.3) is 10.1 Å². The first-order valence-electron chi connectivity index (χ1n) is 6.54. The maximum absolute atomic E-state index is 12.3. The topological polar surface area (TPSA) is 43.4 Å². The van der Waals surface area contributed by atoms with E-state index in [9.17, 15) is 8.42 Å². The third-order valence-corrected chi connectivity index (χ3v) is 4.66. The molecule has 0 aliphatic carbocycles. The molecule has 0 N–H and O–H groups in total. The van der Waals surface area contributed by atoms with E-state index in [2.05, 4.69) is 6.58 Å². The van der Waals surface area contributed by atoms with Gasteiger partial charge in [0.1, 0.15) is 4.90 Å². The quantitative estimate of drug-likeness (QED) is 0.393. The summed E-state index contributed by atoms with van der Waals surface area (Å²) in [6.45, 7) is 3.44. The standard InChI is InChI=1S/C17H14O3S.Rb/c1-2-10-20-21(18,19)17-9-5-8-15-11-13-6-3-4-7-14(13)12-16(15)17;/h2-9,11-12H,1,10H2;. The largest absolute Gasteiger partial charge is 0.297 e. The van der Waals surface area contributed by atoms with E-state index in [1.165, 1.54) is 6.08 Å². The Hall–Kier alpha value is -0.365. The molecule has 1 radical (unpaired) electrons. The van der Waals surface area contributed by atoms with Crippen molar-refractivity contribution in [2.24, 2.45) is 0 Å². The van der Waals surface area contributed by atoms with Gasteiger partial charge in [-0.3, -0.25) is 4.18 Å². The van der Waals surface area contributed by atoms with Crippen LogP contribution in [0.15, 0.2) is 72.1 Å². The van der Waals surface area contributed by atoms with Crippen LogP contribution in [0.25, 0.3) is 21.5 Å². The average molecular weight is 384 g/mol. The molecule has 0 aliphatic rings. The van der Waals surface area contributed by atoms with Gasteiger partial charge in [-0.05, 0) is 34.4 Å². The van der Waals surface area contributed by atoms with Gasteiger partial charge in [-0.1, -0.05) is 42.5 Å². The Morgan fingerprint density at radius 2 is 1.59 bits per heavy atom. The fourth-order valence-electron chi connectivity index (χ4n) is 2.36. The first kappa shape index (κ1) is 18.0. The Labute approximate surface area is 178 Å². The average Bonchev–Trinajstić information content (AvgIpc) is 2.50. The minimum Gasteiger partial charge on any atom is -0.262 e. The van der Waals surface area contributed by atoms with Crippen LogP contribution in [0.1, 0.15) is 0 Å². The number of fused-ring (bicyclic) bond motifs is 2. The van der Waals surface area contributed by atoms with Crippen LogP contribution >= 0.6 is 0 Å². The molecular weight excluding hydrogens is 370 g/mol. The summed E-state index contributed by atoms with van der Waals surface area (Å²) in [4.78, 5) is 0.188. The van der Waals surface area contributed by atoms with Gasteiger partial charge in [0, 0.05) is 63.6 Å². The van der Waals surface area contributed by atoms with Crippen molar-refractivity contribution in [3.63, 3.8) is 0 Å². The van der Waals surface area contributed by atoms with Crippen LogP contribution in [-0.4, -0.2) is 73.2 Å². The maximum Gasteiger partial charge on any atom is 0.297 e. The van der Waals surface area contributed by atoms with Gasteiger partial charge in [0.2, 0.25) is 0 Å². The molecule has 0 saturated heterocycles. The summed E-state index contributed by atoms with van der Waals surface area (Å²) in [7, 11) is -3.79. The van der Waals surface area contributed by atoms with E-state index in [0.29, 0.717) is 5.39 Å². The molecule has 0 unspecified atom stereocenters. The van der Waals surface area contributed by atoms with E-state index in [1.54, 1.807) is 12.1 Å². The molecule has 3 aromatic rings. The van der Waals surface area contributed by atoms with E-state index in [4.69, 9.17) is 4.18 Å². The van der Waals surface area contributed by atoms with Crippen molar-refractivity contribution >= 4 is 89.9 Å². The minimum atomic E-state index is -3.79. The van der Waals surface area contributed by atoms with E-state index in [0.717, 1.165) is 16.2 Å². The predicted octanol–water partition coefficient (Wildman–Crippen LogP) is 3.50. The molecule has 22 heavy (non-hydrogen) atoms. The van der Waals surface area contributed by atoms with E-state index in [-0.39, 0.29) is 69.7 Å². The van der Waals surface area contributed by atoms with Crippen LogP contribution in [0, 0.1) is 0 Å². The molecule has 0 atom stereocenters. The van der Waals surface area contributed by atoms with Crippen molar-refractivity contribution in [1.29, 1.82) is 0 Å². The van der Waals surface area contributed by atoms with Crippen LogP contribution in [0.3, 0.4) is 0 Å². The number of hydrogen-bond acceptors (Lipinski definition) is 3. The molecule has 3 aromatic carbocycles. The minimum absolute atomic E-state index is 0. The molecule has 5 heteroatoms. The molecule has 0 bridgehead atoms. The Bertz CT molecular complexity index is 933. The summed E-state index contributed by atoms with van der Waals surface area (Å²) in [5, 5.41) is 3.61. The zero-order valence-electron chi connectivity index (χ0n) is 12.3. The van der Waals surface area contributed by atoms with E-state index >= 15 is 0 Å². The third kappa shape index (κ3) is 3.58. The van der Waals surface area contributed by atoms with Crippen molar-refractivity contribution in [1.82, 2.24) is 0 Å². The summed E-state index contributed by atoms with van der Waals surface area (Å²) < 4.78 is 29.5. The van der Waals surface area contributed by atoms with Crippen molar-refractivity contribution in [2.75, 3.05) is 6.61 Å². The monoisotopic (exact) mass is 383 g/mol. The molecule has 0 saturated carbocycles. The number of hydrogen-bond donors (Lipinski definition) is 0. The summed E-state index contributed by atoms with van der Waals surface area (Å²) in [6, 6.07) is 16.9. The number of rotatable bonds is 4. The normalized spacial score (nSPS) is 11.3. The molecule has 3 rings (SSSR count). The summed E-state index contributed by atoms with van der Waals surface area (Å²) in [6.07, 6.45) is 1.41. The van der Waals surface area contributed by atoms with Gasteiger partial charge in [-0.25, -0.2) is 0 Å². The van der Waals surface area contributed by atoms with Crippen LogP contribution in [0.2, 0.25) is 0 Å². The van der Waals surface area contributed by atoms with Crippen LogP contribution in [0.5, 0.6) is 0 Å². The van der Waals surface area contributed by atoms with Crippen LogP contribution in [0.4, 0.5) is 0 Å². The fraction of sp³-hybridized carbons (Fsp3) is 0.0588. The first-order chi connectivity index (χ1) is 10.1. The van der Waals surface area contributed by atoms with Gasteiger partial charge < -0.3 is 0 Å². The van der Waals surface area contributed by atoms with E-state index < -0.39 is 10.1 Å². The van der Waals surface area contributed by atoms with Crippen molar-refractivity contribution < 1.29 is 12.6 Å². The van der Waals surface area contributed by atoms with Crippen LogP contribution < -0.4 is 0 Å². The maximum atomic E-state index is 12.3. The van der Waals surface area contributed by atoms with Crippen molar-refractivity contribution in [3.8, 4) is 0 Å². The molecule has 0 heterocycles. The molecule has 0 spiro atoms. The SMILES string of the molecule is C=CCOS(=O)(=O)c1cccc2cc3ccccc3cc12.[Rb]. The Kier molecular flexibility index (Phi) is 6.11. The van der Waals surface area contributed by atoms with Crippen molar-refractivity contribution in [2.45, 2.75) is 4.90 Å². The van der Waals surface area contributed by atoms with Gasteiger partial charge in [-0.2, -0.15) is 8.42 Å².